The maximum atomic E-state index is 13.4. The maximum Gasteiger partial charge on any atom is 0.233 e. The van der Waals surface area contributed by atoms with Crippen LogP contribution >= 0.6 is 24.0 Å². The van der Waals surface area contributed by atoms with Gasteiger partial charge in [0, 0.05) is 39.8 Å². The van der Waals surface area contributed by atoms with E-state index < -0.39 is 5.82 Å². The first kappa shape index (κ1) is 22.4. The summed E-state index contributed by atoms with van der Waals surface area (Å²) in [5, 5.41) is 18.4. The van der Waals surface area contributed by atoms with E-state index in [2.05, 4.69) is 25.8 Å². The van der Waals surface area contributed by atoms with Gasteiger partial charge in [0.2, 0.25) is 5.91 Å². The van der Waals surface area contributed by atoms with Gasteiger partial charge >= 0.3 is 0 Å². The van der Waals surface area contributed by atoms with E-state index in [0.29, 0.717) is 19.0 Å². The fourth-order valence-electron chi connectivity index (χ4n) is 2.75. The number of hydrogen-bond acceptors (Lipinski definition) is 4. The van der Waals surface area contributed by atoms with E-state index in [1.807, 2.05) is 0 Å². The van der Waals surface area contributed by atoms with Crippen molar-refractivity contribution in [1.29, 1.82) is 0 Å². The molecule has 0 aliphatic carbocycles. The zero-order valence-electron chi connectivity index (χ0n) is 15.1. The van der Waals surface area contributed by atoms with Crippen LogP contribution in [0.15, 0.2) is 23.2 Å². The number of hydrogen-bond donors (Lipinski definition) is 4. The number of piperidine rings is 1. The van der Waals surface area contributed by atoms with Crippen LogP contribution in [0.1, 0.15) is 18.4 Å². The van der Waals surface area contributed by atoms with Gasteiger partial charge in [-0.05, 0) is 30.5 Å². The Morgan fingerprint density at radius 1 is 1.38 bits per heavy atom. The number of nitrogens with one attached hydrogen (secondary N) is 3. The summed E-state index contributed by atoms with van der Waals surface area (Å²) in [6.45, 7) is 2.55. The van der Waals surface area contributed by atoms with E-state index in [9.17, 15) is 14.3 Å². The Hall–Kier alpha value is -1.62. The molecule has 0 unspecified atom stereocenters. The van der Waals surface area contributed by atoms with Gasteiger partial charge in [0.15, 0.2) is 17.5 Å². The quantitative estimate of drug-likeness (QED) is 0.288. The Bertz CT molecular complexity index is 621. The monoisotopic (exact) mass is 479 g/mol. The number of likely N-dealkylation sites (tertiary alicyclic amines) is 1. The van der Waals surface area contributed by atoms with Crippen molar-refractivity contribution >= 4 is 35.8 Å². The van der Waals surface area contributed by atoms with Crippen molar-refractivity contribution in [2.45, 2.75) is 25.4 Å². The van der Waals surface area contributed by atoms with E-state index in [-0.39, 0.29) is 41.7 Å². The van der Waals surface area contributed by atoms with Gasteiger partial charge in [-0.3, -0.25) is 14.7 Å². The number of phenolic OH excluding ortho intramolecular Hbond substituents is 1. The van der Waals surface area contributed by atoms with Crippen LogP contribution in [0.25, 0.3) is 0 Å². The molecule has 1 aromatic carbocycles. The zero-order valence-corrected chi connectivity index (χ0v) is 17.4. The fraction of sp³-hybridized carbons (Fsp3) is 0.529. The lowest BCUT2D eigenvalue weighted by atomic mass is 10.1. The van der Waals surface area contributed by atoms with E-state index in [4.69, 9.17) is 0 Å². The van der Waals surface area contributed by atoms with Crippen molar-refractivity contribution in [2.24, 2.45) is 4.99 Å². The molecule has 0 saturated carbocycles. The minimum atomic E-state index is -0.634. The van der Waals surface area contributed by atoms with Gasteiger partial charge in [-0.1, -0.05) is 6.07 Å². The minimum absolute atomic E-state index is 0. The first-order chi connectivity index (χ1) is 12.0. The smallest absolute Gasteiger partial charge is 0.233 e. The molecule has 4 N–H and O–H groups in total. The number of carbonyl (C=O) groups is 1. The highest BCUT2D eigenvalue weighted by Crippen LogP contribution is 2.16. The number of benzene rings is 1. The van der Waals surface area contributed by atoms with Gasteiger partial charge < -0.3 is 21.1 Å². The molecule has 1 fully saturated rings. The third kappa shape index (κ3) is 6.94. The Kier molecular flexibility index (Phi) is 9.63. The standard InChI is InChI=1S/C17H26FN5O2.HI/c1-19-16(25)11-23-7-5-13(6-8-23)22-17(20-2)21-10-12-3-4-15(24)14(18)9-12;/h3-4,9,13,24H,5-8,10-11H2,1-2H3,(H,19,25)(H2,20,21,22);1H. The van der Waals surface area contributed by atoms with Gasteiger partial charge in [0.25, 0.3) is 0 Å². The van der Waals surface area contributed by atoms with Gasteiger partial charge in [0.1, 0.15) is 0 Å². The Morgan fingerprint density at radius 3 is 2.65 bits per heavy atom. The second kappa shape index (κ2) is 11.2. The summed E-state index contributed by atoms with van der Waals surface area (Å²) in [4.78, 5) is 17.7. The second-order valence-electron chi connectivity index (χ2n) is 6.08. The first-order valence-electron chi connectivity index (χ1n) is 8.39. The van der Waals surface area contributed by atoms with Gasteiger partial charge in [-0.2, -0.15) is 0 Å². The molecule has 0 spiro atoms. The number of aromatic hydroxyl groups is 1. The summed E-state index contributed by atoms with van der Waals surface area (Å²) >= 11 is 0. The Morgan fingerprint density at radius 2 is 2.08 bits per heavy atom. The van der Waals surface area contributed by atoms with Crippen molar-refractivity contribution in [1.82, 2.24) is 20.9 Å². The minimum Gasteiger partial charge on any atom is -0.505 e. The van der Waals surface area contributed by atoms with Gasteiger partial charge in [-0.15, -0.1) is 24.0 Å². The molecular formula is C17H27FIN5O2. The van der Waals surface area contributed by atoms with E-state index >= 15 is 0 Å². The van der Waals surface area contributed by atoms with Crippen LogP contribution < -0.4 is 16.0 Å². The topological polar surface area (TPSA) is 89.0 Å². The predicted molar refractivity (Wildman–Crippen MR) is 110 cm³/mol. The van der Waals surface area contributed by atoms with Crippen LogP contribution in [0, 0.1) is 5.82 Å². The summed E-state index contributed by atoms with van der Waals surface area (Å²) in [5.74, 6) is -0.302. The predicted octanol–water partition coefficient (Wildman–Crippen LogP) is 1.02. The molecule has 1 heterocycles. The molecule has 0 aromatic heterocycles. The Labute approximate surface area is 170 Å². The molecule has 2 rings (SSSR count). The first-order valence-corrected chi connectivity index (χ1v) is 8.39. The molecule has 1 aliphatic rings. The van der Waals surface area contributed by atoms with Gasteiger partial charge in [0.05, 0.1) is 6.54 Å². The maximum absolute atomic E-state index is 13.4. The van der Waals surface area contributed by atoms with Crippen LogP contribution in [0.5, 0.6) is 5.75 Å². The molecule has 0 bridgehead atoms. The highest BCUT2D eigenvalue weighted by Gasteiger charge is 2.21. The van der Waals surface area contributed by atoms with Crippen molar-refractivity contribution in [2.75, 3.05) is 33.7 Å². The lowest BCUT2D eigenvalue weighted by Gasteiger charge is -2.32. The van der Waals surface area contributed by atoms with E-state index in [1.165, 1.54) is 12.1 Å². The molecule has 1 aliphatic heterocycles. The number of guanidine groups is 1. The third-order valence-electron chi connectivity index (χ3n) is 4.27. The fourth-order valence-corrected chi connectivity index (χ4v) is 2.75. The summed E-state index contributed by atoms with van der Waals surface area (Å²) in [6, 6.07) is 4.58. The molecule has 26 heavy (non-hydrogen) atoms. The van der Waals surface area contributed by atoms with E-state index in [0.717, 1.165) is 31.5 Å². The van der Waals surface area contributed by atoms with Crippen molar-refractivity contribution in [3.8, 4) is 5.75 Å². The van der Waals surface area contributed by atoms with Crippen LogP contribution in [-0.2, 0) is 11.3 Å². The lowest BCUT2D eigenvalue weighted by molar-refractivity contribution is -0.122. The van der Waals surface area contributed by atoms with Crippen LogP contribution in [0.3, 0.4) is 0 Å². The molecule has 0 atom stereocenters. The normalized spacial score (nSPS) is 15.9. The Balaban J connectivity index is 0.00000338. The van der Waals surface area contributed by atoms with E-state index in [1.54, 1.807) is 20.2 Å². The van der Waals surface area contributed by atoms with Crippen LogP contribution in [-0.4, -0.2) is 61.6 Å². The van der Waals surface area contributed by atoms with Crippen molar-refractivity contribution < 1.29 is 14.3 Å². The van der Waals surface area contributed by atoms with Crippen molar-refractivity contribution in [3.63, 3.8) is 0 Å². The molecule has 146 valence electrons. The van der Waals surface area contributed by atoms with Crippen LogP contribution in [0.4, 0.5) is 4.39 Å². The van der Waals surface area contributed by atoms with Crippen LogP contribution in [0.2, 0.25) is 0 Å². The molecular weight excluding hydrogens is 452 g/mol. The summed E-state index contributed by atoms with van der Waals surface area (Å²) in [7, 11) is 3.33. The largest absolute Gasteiger partial charge is 0.505 e. The number of likely N-dealkylation sites (N-methyl/N-ethyl adjacent to an activating group) is 1. The van der Waals surface area contributed by atoms with Crippen molar-refractivity contribution in [3.05, 3.63) is 29.6 Å². The molecule has 1 saturated heterocycles. The average Bonchev–Trinajstić information content (AvgIpc) is 2.62. The SMILES string of the molecule is CN=C(NCc1ccc(O)c(F)c1)NC1CCN(CC(=O)NC)CC1.I. The number of halogens is 2. The molecule has 9 heteroatoms. The zero-order chi connectivity index (χ0) is 18.2. The highest BCUT2D eigenvalue weighted by molar-refractivity contribution is 14.0. The van der Waals surface area contributed by atoms with Gasteiger partial charge in [-0.25, -0.2) is 4.39 Å². The molecule has 1 amide bonds. The molecule has 1 aromatic rings. The second-order valence-corrected chi connectivity index (χ2v) is 6.08. The lowest BCUT2D eigenvalue weighted by Crippen LogP contribution is -2.49. The molecule has 0 radical (unpaired) electrons. The number of rotatable bonds is 5. The number of aliphatic imine (C=N–C) groups is 1. The summed E-state index contributed by atoms with van der Waals surface area (Å²) in [6.07, 6.45) is 1.84. The summed E-state index contributed by atoms with van der Waals surface area (Å²) < 4.78 is 13.4. The summed E-state index contributed by atoms with van der Waals surface area (Å²) in [5.41, 5.74) is 0.721. The number of nitrogens with zero attached hydrogens (tertiary/aromatic N) is 2. The third-order valence-corrected chi connectivity index (χ3v) is 4.27. The molecule has 7 nitrogen and oxygen atoms in total. The number of amides is 1. The number of carbonyl (C=O) groups excluding carboxylic acids is 1. The number of phenols is 1. The highest BCUT2D eigenvalue weighted by atomic mass is 127. The average molecular weight is 479 g/mol.